The zero-order valence-corrected chi connectivity index (χ0v) is 10.0. The highest BCUT2D eigenvalue weighted by Crippen LogP contribution is 2.29. The van der Waals surface area contributed by atoms with Gasteiger partial charge in [0.05, 0.1) is 0 Å². The van der Waals surface area contributed by atoms with Crippen molar-refractivity contribution >= 4 is 28.9 Å². The van der Waals surface area contributed by atoms with E-state index in [1.165, 1.54) is 0 Å². The lowest BCUT2D eigenvalue weighted by molar-refractivity contribution is 1.17. The molecular formula is C11H9Cl2N3. The molecule has 1 aromatic carbocycles. The van der Waals surface area contributed by atoms with E-state index in [0.717, 1.165) is 5.56 Å². The van der Waals surface area contributed by atoms with Gasteiger partial charge in [-0.25, -0.2) is 9.97 Å². The van der Waals surface area contributed by atoms with Crippen molar-refractivity contribution in [3.05, 3.63) is 40.6 Å². The summed E-state index contributed by atoms with van der Waals surface area (Å²) >= 11 is 12.0. The molecule has 1 aromatic heterocycles. The molecule has 0 fully saturated rings. The van der Waals surface area contributed by atoms with Gasteiger partial charge in [0, 0.05) is 12.6 Å². The predicted octanol–water partition coefficient (Wildman–Crippen LogP) is 3.49. The van der Waals surface area contributed by atoms with Crippen LogP contribution < -0.4 is 5.32 Å². The summed E-state index contributed by atoms with van der Waals surface area (Å²) in [6, 6.07) is 9.55. The molecule has 0 spiro atoms. The first-order valence-electron chi connectivity index (χ1n) is 4.68. The maximum absolute atomic E-state index is 5.99. The van der Waals surface area contributed by atoms with Gasteiger partial charge in [-0.05, 0) is 0 Å². The summed E-state index contributed by atoms with van der Waals surface area (Å²) in [4.78, 5) is 8.36. The Labute approximate surface area is 103 Å². The lowest BCUT2D eigenvalue weighted by atomic mass is 10.2. The van der Waals surface area contributed by atoms with Crippen LogP contribution in [0.2, 0.25) is 10.3 Å². The Morgan fingerprint density at radius 2 is 1.56 bits per heavy atom. The molecule has 16 heavy (non-hydrogen) atoms. The molecular weight excluding hydrogens is 245 g/mol. The molecule has 0 aliphatic heterocycles. The van der Waals surface area contributed by atoms with Gasteiger partial charge in [-0.3, -0.25) is 0 Å². The van der Waals surface area contributed by atoms with E-state index in [-0.39, 0.29) is 0 Å². The minimum absolute atomic E-state index is 0.321. The van der Waals surface area contributed by atoms with Crippen LogP contribution in [0.4, 0.5) is 5.69 Å². The molecule has 3 nitrogen and oxygen atoms in total. The maximum Gasteiger partial charge on any atom is 0.162 e. The fourth-order valence-corrected chi connectivity index (χ4v) is 1.91. The molecule has 0 aliphatic carbocycles. The van der Waals surface area contributed by atoms with Crippen LogP contribution >= 0.6 is 23.2 Å². The minimum Gasteiger partial charge on any atom is -0.383 e. The normalized spacial score (nSPS) is 10.2. The molecule has 2 aromatic rings. The standard InChI is InChI=1S/C11H9Cl2N3/c1-14-8-9(12)15-11(16-10(8)13)7-5-3-2-4-6-7/h2-6,14H,1H3. The van der Waals surface area contributed by atoms with Gasteiger partial charge in [0.1, 0.15) is 5.69 Å². The largest absolute Gasteiger partial charge is 0.383 e. The second-order valence-corrected chi connectivity index (χ2v) is 3.84. The highest BCUT2D eigenvalue weighted by Gasteiger charge is 2.10. The molecule has 0 aliphatic rings. The maximum atomic E-state index is 5.99. The van der Waals surface area contributed by atoms with E-state index in [9.17, 15) is 0 Å². The molecule has 0 saturated carbocycles. The third-order valence-electron chi connectivity index (χ3n) is 2.10. The molecule has 0 atom stereocenters. The second-order valence-electron chi connectivity index (χ2n) is 3.12. The fourth-order valence-electron chi connectivity index (χ4n) is 1.33. The number of hydrogen-bond acceptors (Lipinski definition) is 3. The Bertz CT molecular complexity index is 477. The van der Waals surface area contributed by atoms with Crippen molar-refractivity contribution in [2.45, 2.75) is 0 Å². The zero-order valence-electron chi connectivity index (χ0n) is 8.54. The van der Waals surface area contributed by atoms with Crippen molar-refractivity contribution in [2.24, 2.45) is 0 Å². The van der Waals surface area contributed by atoms with Crippen LogP contribution in [0.25, 0.3) is 11.4 Å². The summed E-state index contributed by atoms with van der Waals surface area (Å²) in [5.74, 6) is 0.523. The molecule has 82 valence electrons. The topological polar surface area (TPSA) is 37.8 Å². The first-order chi connectivity index (χ1) is 7.72. The summed E-state index contributed by atoms with van der Waals surface area (Å²) < 4.78 is 0. The predicted molar refractivity (Wildman–Crippen MR) is 67.0 cm³/mol. The van der Waals surface area contributed by atoms with E-state index in [4.69, 9.17) is 23.2 Å². The van der Waals surface area contributed by atoms with Crippen molar-refractivity contribution < 1.29 is 0 Å². The first-order valence-corrected chi connectivity index (χ1v) is 5.44. The van der Waals surface area contributed by atoms with Crippen molar-refractivity contribution in [3.63, 3.8) is 0 Å². The van der Waals surface area contributed by atoms with Crippen molar-refractivity contribution in [3.8, 4) is 11.4 Å². The Morgan fingerprint density at radius 1 is 1.00 bits per heavy atom. The monoisotopic (exact) mass is 253 g/mol. The number of hydrogen-bond donors (Lipinski definition) is 1. The molecule has 0 bridgehead atoms. The fraction of sp³-hybridized carbons (Fsp3) is 0.0909. The Morgan fingerprint density at radius 3 is 2.06 bits per heavy atom. The first kappa shape index (κ1) is 11.2. The van der Waals surface area contributed by atoms with Crippen LogP contribution in [0.3, 0.4) is 0 Å². The smallest absolute Gasteiger partial charge is 0.162 e. The Hall–Kier alpha value is -1.32. The van der Waals surface area contributed by atoms with Gasteiger partial charge in [-0.1, -0.05) is 53.5 Å². The summed E-state index contributed by atoms with van der Waals surface area (Å²) in [5.41, 5.74) is 1.43. The van der Waals surface area contributed by atoms with Gasteiger partial charge < -0.3 is 5.32 Å². The van der Waals surface area contributed by atoms with Gasteiger partial charge in [0.15, 0.2) is 16.1 Å². The van der Waals surface area contributed by atoms with Crippen LogP contribution in [0, 0.1) is 0 Å². The van der Waals surface area contributed by atoms with Crippen molar-refractivity contribution in [1.29, 1.82) is 0 Å². The van der Waals surface area contributed by atoms with E-state index in [1.807, 2.05) is 30.3 Å². The average molecular weight is 254 g/mol. The van der Waals surface area contributed by atoms with Gasteiger partial charge in [-0.2, -0.15) is 0 Å². The second kappa shape index (κ2) is 4.68. The summed E-state index contributed by atoms with van der Waals surface area (Å²) in [6.07, 6.45) is 0. The summed E-state index contributed by atoms with van der Waals surface area (Å²) in [7, 11) is 1.72. The Kier molecular flexibility index (Phi) is 3.27. The third kappa shape index (κ3) is 2.10. The Balaban J connectivity index is 2.53. The van der Waals surface area contributed by atoms with Gasteiger partial charge in [0.25, 0.3) is 0 Å². The molecule has 0 unspecified atom stereocenters. The average Bonchev–Trinajstić information content (AvgIpc) is 2.30. The molecule has 0 radical (unpaired) electrons. The minimum atomic E-state index is 0.321. The zero-order chi connectivity index (χ0) is 11.5. The number of anilines is 1. The number of nitrogens with zero attached hydrogens (tertiary/aromatic N) is 2. The van der Waals surface area contributed by atoms with E-state index >= 15 is 0 Å². The molecule has 1 heterocycles. The third-order valence-corrected chi connectivity index (χ3v) is 2.65. The number of benzene rings is 1. The van der Waals surface area contributed by atoms with Crippen molar-refractivity contribution in [2.75, 3.05) is 12.4 Å². The van der Waals surface area contributed by atoms with Crippen LogP contribution in [0.15, 0.2) is 30.3 Å². The lowest BCUT2D eigenvalue weighted by Crippen LogP contribution is -1.97. The van der Waals surface area contributed by atoms with Crippen LogP contribution in [-0.2, 0) is 0 Å². The summed E-state index contributed by atoms with van der Waals surface area (Å²) in [6.45, 7) is 0. The highest BCUT2D eigenvalue weighted by atomic mass is 35.5. The van der Waals surface area contributed by atoms with Crippen LogP contribution in [0.1, 0.15) is 0 Å². The van der Waals surface area contributed by atoms with Gasteiger partial charge in [0.2, 0.25) is 0 Å². The van der Waals surface area contributed by atoms with E-state index in [2.05, 4.69) is 15.3 Å². The number of aromatic nitrogens is 2. The SMILES string of the molecule is CNc1c(Cl)nc(-c2ccccc2)nc1Cl. The lowest BCUT2D eigenvalue weighted by Gasteiger charge is -2.07. The van der Waals surface area contributed by atoms with Crippen molar-refractivity contribution in [1.82, 2.24) is 9.97 Å². The molecule has 1 N–H and O–H groups in total. The molecule has 0 amide bonds. The van der Waals surface area contributed by atoms with Gasteiger partial charge >= 0.3 is 0 Å². The quantitative estimate of drug-likeness (QED) is 0.833. The number of rotatable bonds is 2. The molecule has 2 rings (SSSR count). The molecule has 5 heteroatoms. The van der Waals surface area contributed by atoms with Crippen LogP contribution in [0.5, 0.6) is 0 Å². The van der Waals surface area contributed by atoms with Crippen LogP contribution in [-0.4, -0.2) is 17.0 Å². The number of nitrogens with one attached hydrogen (secondary N) is 1. The van der Waals surface area contributed by atoms with E-state index in [0.29, 0.717) is 21.8 Å². The highest BCUT2D eigenvalue weighted by molar-refractivity contribution is 6.37. The molecule has 0 saturated heterocycles. The summed E-state index contributed by atoms with van der Waals surface area (Å²) in [5, 5.41) is 3.49. The van der Waals surface area contributed by atoms with E-state index in [1.54, 1.807) is 7.05 Å². The van der Waals surface area contributed by atoms with Gasteiger partial charge in [-0.15, -0.1) is 0 Å². The van der Waals surface area contributed by atoms with E-state index < -0.39 is 0 Å². The number of halogens is 2.